The third-order valence-corrected chi connectivity index (χ3v) is 8.26. The molecule has 0 radical (unpaired) electrons. The third kappa shape index (κ3) is 3.68. The van der Waals surface area contributed by atoms with Crippen molar-refractivity contribution in [2.24, 2.45) is 0 Å². The number of nitrogens with zero attached hydrogens (tertiary/aromatic N) is 2. The SMILES string of the molecule is COc1ccc(-c2nc(C(c3c[nH]c4ccccc34)c3c[nH]c4ccc(C#N)cc34)cc3c2[nH]c2ccccc23)cc1. The summed E-state index contributed by atoms with van der Waals surface area (Å²) < 4.78 is 5.44. The fraction of sp³-hybridized carbons (Fsp3) is 0.0556. The molecule has 3 N–H and O–H groups in total. The van der Waals surface area contributed by atoms with Gasteiger partial charge in [-0.1, -0.05) is 36.4 Å². The molecule has 0 bridgehead atoms. The number of hydrogen-bond acceptors (Lipinski definition) is 3. The highest BCUT2D eigenvalue weighted by Gasteiger charge is 2.27. The molecule has 0 fully saturated rings. The molecule has 6 heteroatoms. The van der Waals surface area contributed by atoms with Crippen molar-refractivity contribution in [2.45, 2.75) is 5.92 Å². The second-order valence-corrected chi connectivity index (χ2v) is 10.6. The smallest absolute Gasteiger partial charge is 0.118 e. The Bertz CT molecular complexity index is 2310. The average Bonchev–Trinajstić information content (AvgIpc) is 3.77. The molecule has 0 aliphatic carbocycles. The zero-order valence-corrected chi connectivity index (χ0v) is 22.8. The number of para-hydroxylation sites is 2. The fourth-order valence-electron chi connectivity index (χ4n) is 6.24. The molecule has 4 aromatic heterocycles. The summed E-state index contributed by atoms with van der Waals surface area (Å²) in [7, 11) is 1.68. The molecule has 0 aliphatic rings. The van der Waals surface area contributed by atoms with Crippen LogP contribution in [-0.2, 0) is 0 Å². The lowest BCUT2D eigenvalue weighted by Crippen LogP contribution is -2.06. The van der Waals surface area contributed by atoms with Crippen LogP contribution in [0.4, 0.5) is 0 Å². The van der Waals surface area contributed by atoms with Gasteiger partial charge in [0.25, 0.3) is 0 Å². The van der Waals surface area contributed by atoms with E-state index in [2.05, 4.69) is 88.0 Å². The molecule has 0 amide bonds. The highest BCUT2D eigenvalue weighted by atomic mass is 16.5. The van der Waals surface area contributed by atoms with Crippen molar-refractivity contribution in [1.29, 1.82) is 5.26 Å². The highest BCUT2D eigenvalue weighted by Crippen LogP contribution is 2.42. The third-order valence-electron chi connectivity index (χ3n) is 8.26. The van der Waals surface area contributed by atoms with E-state index in [1.165, 1.54) is 0 Å². The first-order chi connectivity index (χ1) is 20.7. The van der Waals surface area contributed by atoms with Crippen LogP contribution in [0.3, 0.4) is 0 Å². The minimum Gasteiger partial charge on any atom is -0.497 e. The number of H-pyrrole nitrogens is 3. The van der Waals surface area contributed by atoms with Crippen molar-refractivity contribution in [3.05, 3.63) is 132 Å². The van der Waals surface area contributed by atoms with E-state index in [9.17, 15) is 5.26 Å². The molecule has 0 saturated heterocycles. The van der Waals surface area contributed by atoms with Gasteiger partial charge in [-0.15, -0.1) is 0 Å². The second kappa shape index (κ2) is 9.39. The maximum absolute atomic E-state index is 9.71. The summed E-state index contributed by atoms with van der Waals surface area (Å²) in [5, 5.41) is 14.1. The van der Waals surface area contributed by atoms with E-state index in [0.29, 0.717) is 5.56 Å². The van der Waals surface area contributed by atoms with Gasteiger partial charge in [0, 0.05) is 56.1 Å². The first-order valence-corrected chi connectivity index (χ1v) is 13.8. The van der Waals surface area contributed by atoms with E-state index in [0.717, 1.165) is 77.4 Å². The Balaban J connectivity index is 1.47. The zero-order valence-electron chi connectivity index (χ0n) is 22.8. The van der Waals surface area contributed by atoms with Crippen LogP contribution in [0.2, 0.25) is 0 Å². The number of aromatic amines is 3. The second-order valence-electron chi connectivity index (χ2n) is 10.6. The first kappa shape index (κ1) is 24.0. The summed E-state index contributed by atoms with van der Waals surface area (Å²) in [6.45, 7) is 0. The molecular formula is C36H25N5O. The lowest BCUT2D eigenvalue weighted by molar-refractivity contribution is 0.415. The van der Waals surface area contributed by atoms with Crippen LogP contribution in [0.25, 0.3) is 54.9 Å². The van der Waals surface area contributed by atoms with E-state index in [1.807, 2.05) is 42.5 Å². The predicted octanol–water partition coefficient (Wildman–Crippen LogP) is 8.41. The number of ether oxygens (including phenoxy) is 1. The van der Waals surface area contributed by atoms with E-state index in [4.69, 9.17) is 9.72 Å². The Kier molecular flexibility index (Phi) is 5.38. The lowest BCUT2D eigenvalue weighted by Gasteiger charge is -2.18. The zero-order chi connectivity index (χ0) is 28.2. The van der Waals surface area contributed by atoms with Crippen LogP contribution in [0.1, 0.15) is 28.3 Å². The summed E-state index contributed by atoms with van der Waals surface area (Å²) in [4.78, 5) is 16.0. The molecule has 4 aromatic carbocycles. The molecular weight excluding hydrogens is 518 g/mol. The number of nitriles is 1. The largest absolute Gasteiger partial charge is 0.497 e. The molecule has 6 nitrogen and oxygen atoms in total. The summed E-state index contributed by atoms with van der Waals surface area (Å²) >= 11 is 0. The summed E-state index contributed by atoms with van der Waals surface area (Å²) in [5.41, 5.74) is 9.73. The number of benzene rings is 4. The van der Waals surface area contributed by atoms with Crippen molar-refractivity contribution in [3.8, 4) is 23.1 Å². The van der Waals surface area contributed by atoms with Gasteiger partial charge in [0.2, 0.25) is 0 Å². The molecule has 1 atom stereocenters. The van der Waals surface area contributed by atoms with Gasteiger partial charge in [-0.2, -0.15) is 5.26 Å². The Morgan fingerprint density at radius 1 is 0.714 bits per heavy atom. The van der Waals surface area contributed by atoms with Gasteiger partial charge in [0.05, 0.1) is 41.6 Å². The lowest BCUT2D eigenvalue weighted by atomic mass is 9.86. The minimum atomic E-state index is -0.209. The van der Waals surface area contributed by atoms with Crippen LogP contribution in [0.5, 0.6) is 5.75 Å². The van der Waals surface area contributed by atoms with Crippen molar-refractivity contribution in [3.63, 3.8) is 0 Å². The van der Waals surface area contributed by atoms with E-state index < -0.39 is 0 Å². The predicted molar refractivity (Wildman–Crippen MR) is 168 cm³/mol. The van der Waals surface area contributed by atoms with Gasteiger partial charge >= 0.3 is 0 Å². The molecule has 4 heterocycles. The molecule has 42 heavy (non-hydrogen) atoms. The number of nitrogens with one attached hydrogen (secondary N) is 3. The van der Waals surface area contributed by atoms with Gasteiger partial charge in [-0.25, -0.2) is 4.98 Å². The van der Waals surface area contributed by atoms with E-state index in [-0.39, 0.29) is 5.92 Å². The maximum atomic E-state index is 9.71. The number of methoxy groups -OCH3 is 1. The van der Waals surface area contributed by atoms with Crippen LogP contribution in [0, 0.1) is 11.3 Å². The van der Waals surface area contributed by atoms with Gasteiger partial charge in [0.15, 0.2) is 0 Å². The number of fused-ring (bicyclic) bond motifs is 5. The number of rotatable bonds is 5. The summed E-state index contributed by atoms with van der Waals surface area (Å²) in [6, 6.07) is 35.1. The van der Waals surface area contributed by atoms with E-state index >= 15 is 0 Å². The molecule has 0 aliphatic heterocycles. The summed E-state index contributed by atoms with van der Waals surface area (Å²) in [6.07, 6.45) is 4.16. The number of hydrogen-bond donors (Lipinski definition) is 3. The Morgan fingerprint density at radius 2 is 1.40 bits per heavy atom. The molecule has 200 valence electrons. The quantitative estimate of drug-likeness (QED) is 0.203. The van der Waals surface area contributed by atoms with Gasteiger partial charge in [-0.3, -0.25) is 0 Å². The Labute approximate surface area is 241 Å². The van der Waals surface area contributed by atoms with Crippen LogP contribution < -0.4 is 4.74 Å². The molecule has 0 spiro atoms. The fourth-order valence-corrected chi connectivity index (χ4v) is 6.24. The molecule has 8 aromatic rings. The number of aromatic nitrogens is 4. The first-order valence-electron chi connectivity index (χ1n) is 13.8. The maximum Gasteiger partial charge on any atom is 0.118 e. The monoisotopic (exact) mass is 543 g/mol. The summed E-state index contributed by atoms with van der Waals surface area (Å²) in [5.74, 6) is 0.588. The van der Waals surface area contributed by atoms with Crippen molar-refractivity contribution in [1.82, 2.24) is 19.9 Å². The van der Waals surface area contributed by atoms with Crippen molar-refractivity contribution >= 4 is 43.6 Å². The molecule has 0 saturated carbocycles. The van der Waals surface area contributed by atoms with Crippen LogP contribution in [-0.4, -0.2) is 27.0 Å². The van der Waals surface area contributed by atoms with Gasteiger partial charge in [-0.05, 0) is 71.8 Å². The minimum absolute atomic E-state index is 0.209. The molecule has 8 rings (SSSR count). The average molecular weight is 544 g/mol. The van der Waals surface area contributed by atoms with Crippen LogP contribution >= 0.6 is 0 Å². The van der Waals surface area contributed by atoms with Gasteiger partial charge in [0.1, 0.15) is 5.75 Å². The van der Waals surface area contributed by atoms with Crippen molar-refractivity contribution < 1.29 is 4.74 Å². The Hall–Kier alpha value is -5.80. The normalized spacial score (nSPS) is 12.3. The number of pyridine rings is 1. The van der Waals surface area contributed by atoms with E-state index in [1.54, 1.807) is 7.11 Å². The topological polar surface area (TPSA) is 93.3 Å². The highest BCUT2D eigenvalue weighted by molar-refractivity contribution is 6.11. The Morgan fingerprint density at radius 3 is 2.17 bits per heavy atom. The van der Waals surface area contributed by atoms with Crippen molar-refractivity contribution in [2.75, 3.05) is 7.11 Å². The standard InChI is InChI=1S/C36H25N5O/c1-42-23-13-11-22(12-14-23)35-36-27(24-6-3-5-9-32(24)40-36)17-33(41-35)34(28-19-38-30-8-4-2-7-25(28)30)29-20-39-31-15-10-21(18-37)16-26(29)31/h2-17,19-20,34,38-40H,1H3. The molecule has 1 unspecified atom stereocenters. The van der Waals surface area contributed by atoms with Crippen LogP contribution in [0.15, 0.2) is 109 Å². The van der Waals surface area contributed by atoms with Gasteiger partial charge < -0.3 is 19.7 Å².